The molecule has 2 heterocycles. The summed E-state index contributed by atoms with van der Waals surface area (Å²) in [6, 6.07) is 7.94. The number of likely N-dealkylation sites (tertiary alicyclic amines) is 1. The van der Waals surface area contributed by atoms with E-state index >= 15 is 0 Å². The Kier molecular flexibility index (Phi) is 2.33. The van der Waals surface area contributed by atoms with Crippen molar-refractivity contribution >= 4 is 16.7 Å². The highest BCUT2D eigenvalue weighted by molar-refractivity contribution is 5.81. The van der Waals surface area contributed by atoms with Crippen LogP contribution < -0.4 is 5.73 Å². The van der Waals surface area contributed by atoms with E-state index in [1.807, 2.05) is 18.2 Å². The number of nitrogen functional groups attached to an aromatic ring is 1. The van der Waals surface area contributed by atoms with Gasteiger partial charge in [0.15, 0.2) is 0 Å². The Morgan fingerprint density at radius 3 is 2.81 bits per heavy atom. The fourth-order valence-electron chi connectivity index (χ4n) is 2.34. The van der Waals surface area contributed by atoms with E-state index in [1.54, 1.807) is 0 Å². The number of furan rings is 1. The first-order valence-corrected chi connectivity index (χ1v) is 5.81. The molecule has 0 spiro atoms. The molecule has 0 bridgehead atoms. The molecule has 0 unspecified atom stereocenters. The third kappa shape index (κ3) is 1.78. The van der Waals surface area contributed by atoms with Crippen molar-refractivity contribution in [3.8, 4) is 0 Å². The van der Waals surface area contributed by atoms with Crippen LogP contribution in [0.25, 0.3) is 11.0 Å². The van der Waals surface area contributed by atoms with Crippen LogP contribution in [0.2, 0.25) is 0 Å². The highest BCUT2D eigenvalue weighted by atomic mass is 16.3. The van der Waals surface area contributed by atoms with Crippen molar-refractivity contribution in [2.45, 2.75) is 19.4 Å². The van der Waals surface area contributed by atoms with Gasteiger partial charge < -0.3 is 10.2 Å². The number of hydrogen-bond donors (Lipinski definition) is 1. The Balaban J connectivity index is 1.86. The largest absolute Gasteiger partial charge is 0.460 e. The molecule has 0 radical (unpaired) electrons. The summed E-state index contributed by atoms with van der Waals surface area (Å²) in [6.45, 7) is 3.31. The van der Waals surface area contributed by atoms with Crippen LogP contribution in [-0.2, 0) is 6.54 Å². The maximum absolute atomic E-state index is 5.79. The van der Waals surface area contributed by atoms with E-state index in [1.165, 1.54) is 25.9 Å². The van der Waals surface area contributed by atoms with E-state index in [9.17, 15) is 0 Å². The summed E-state index contributed by atoms with van der Waals surface area (Å²) in [5.41, 5.74) is 7.38. The second-order valence-electron chi connectivity index (χ2n) is 4.49. The van der Waals surface area contributed by atoms with Gasteiger partial charge >= 0.3 is 0 Å². The Labute approximate surface area is 94.8 Å². The summed E-state index contributed by atoms with van der Waals surface area (Å²) in [4.78, 5) is 2.43. The molecule has 1 aliphatic rings. The van der Waals surface area contributed by atoms with E-state index in [-0.39, 0.29) is 0 Å². The number of nitrogens with zero attached hydrogens (tertiary/aromatic N) is 1. The molecule has 0 amide bonds. The molecule has 2 aromatic rings. The molecule has 16 heavy (non-hydrogen) atoms. The zero-order valence-corrected chi connectivity index (χ0v) is 9.28. The first kappa shape index (κ1) is 9.73. The fourth-order valence-corrected chi connectivity index (χ4v) is 2.34. The van der Waals surface area contributed by atoms with Crippen molar-refractivity contribution in [2.75, 3.05) is 18.8 Å². The number of rotatable bonds is 2. The van der Waals surface area contributed by atoms with Gasteiger partial charge in [-0.05, 0) is 44.1 Å². The number of benzene rings is 1. The van der Waals surface area contributed by atoms with Crippen LogP contribution >= 0.6 is 0 Å². The minimum atomic E-state index is 0.759. The van der Waals surface area contributed by atoms with Gasteiger partial charge in [-0.15, -0.1) is 0 Å². The van der Waals surface area contributed by atoms with Crippen molar-refractivity contribution < 1.29 is 4.42 Å². The molecule has 3 heteroatoms. The zero-order chi connectivity index (χ0) is 11.0. The Morgan fingerprint density at radius 1 is 1.19 bits per heavy atom. The minimum Gasteiger partial charge on any atom is -0.460 e. The Hall–Kier alpha value is -1.48. The first-order chi connectivity index (χ1) is 7.81. The van der Waals surface area contributed by atoms with E-state index in [0.29, 0.717) is 0 Å². The molecule has 1 saturated heterocycles. The van der Waals surface area contributed by atoms with Crippen molar-refractivity contribution in [3.63, 3.8) is 0 Å². The topological polar surface area (TPSA) is 42.4 Å². The smallest absolute Gasteiger partial charge is 0.136 e. The van der Waals surface area contributed by atoms with Crippen molar-refractivity contribution in [1.82, 2.24) is 4.90 Å². The van der Waals surface area contributed by atoms with Crippen molar-refractivity contribution in [1.29, 1.82) is 0 Å². The van der Waals surface area contributed by atoms with Crippen LogP contribution in [0, 0.1) is 0 Å². The van der Waals surface area contributed by atoms with Gasteiger partial charge in [-0.25, -0.2) is 0 Å². The van der Waals surface area contributed by atoms with Crippen LogP contribution in [0.5, 0.6) is 0 Å². The molecule has 0 atom stereocenters. The van der Waals surface area contributed by atoms with Crippen LogP contribution in [0.1, 0.15) is 18.6 Å². The van der Waals surface area contributed by atoms with E-state index in [0.717, 1.165) is 29.0 Å². The normalized spacial score (nSPS) is 17.2. The first-order valence-electron chi connectivity index (χ1n) is 5.81. The summed E-state index contributed by atoms with van der Waals surface area (Å²) < 4.78 is 5.79. The van der Waals surface area contributed by atoms with Gasteiger partial charge in [-0.2, -0.15) is 0 Å². The summed E-state index contributed by atoms with van der Waals surface area (Å²) >= 11 is 0. The van der Waals surface area contributed by atoms with E-state index in [4.69, 9.17) is 10.2 Å². The number of nitrogens with two attached hydrogens (primary N) is 1. The summed E-state index contributed by atoms with van der Waals surface area (Å²) in [7, 11) is 0. The van der Waals surface area contributed by atoms with Gasteiger partial charge in [0.05, 0.1) is 6.54 Å². The van der Waals surface area contributed by atoms with Crippen LogP contribution in [0.15, 0.2) is 28.7 Å². The molecular formula is C13H16N2O. The Bertz CT molecular complexity index is 498. The molecule has 1 aromatic heterocycles. The lowest BCUT2D eigenvalue weighted by atomic mass is 10.2. The number of fused-ring (bicyclic) bond motifs is 1. The van der Waals surface area contributed by atoms with Crippen molar-refractivity contribution in [3.05, 3.63) is 30.0 Å². The second kappa shape index (κ2) is 3.83. The summed E-state index contributed by atoms with van der Waals surface area (Å²) in [5.74, 6) is 1.04. The van der Waals surface area contributed by atoms with Gasteiger partial charge in [0, 0.05) is 17.1 Å². The average molecular weight is 216 g/mol. The standard InChI is InChI=1S/C13H16N2O/c14-11-4-3-10-7-12(16-13(10)8-11)9-15-5-1-2-6-15/h3-4,7-8H,1-2,5-6,9,14H2. The van der Waals surface area contributed by atoms with Gasteiger partial charge in [0.2, 0.25) is 0 Å². The molecule has 0 saturated carbocycles. The second-order valence-corrected chi connectivity index (χ2v) is 4.49. The molecular weight excluding hydrogens is 200 g/mol. The average Bonchev–Trinajstić information content (AvgIpc) is 2.86. The molecule has 3 nitrogen and oxygen atoms in total. The van der Waals surface area contributed by atoms with Crippen LogP contribution in [0.4, 0.5) is 5.69 Å². The SMILES string of the molecule is Nc1ccc2cc(CN3CCCC3)oc2c1. The van der Waals surface area contributed by atoms with Crippen LogP contribution in [-0.4, -0.2) is 18.0 Å². The number of anilines is 1. The fraction of sp³-hybridized carbons (Fsp3) is 0.385. The maximum atomic E-state index is 5.79. The van der Waals surface area contributed by atoms with E-state index < -0.39 is 0 Å². The molecule has 84 valence electrons. The van der Waals surface area contributed by atoms with Gasteiger partial charge in [-0.1, -0.05) is 0 Å². The lowest BCUT2D eigenvalue weighted by molar-refractivity contribution is 0.302. The van der Waals surface area contributed by atoms with Crippen molar-refractivity contribution in [2.24, 2.45) is 0 Å². The monoisotopic (exact) mass is 216 g/mol. The predicted octanol–water partition coefficient (Wildman–Crippen LogP) is 2.61. The molecule has 1 aromatic carbocycles. The quantitative estimate of drug-likeness (QED) is 0.785. The Morgan fingerprint density at radius 2 is 2.00 bits per heavy atom. The van der Waals surface area contributed by atoms with Gasteiger partial charge in [-0.3, -0.25) is 4.90 Å². The highest BCUT2D eigenvalue weighted by Crippen LogP contribution is 2.23. The summed E-state index contributed by atoms with van der Waals surface area (Å²) in [6.07, 6.45) is 2.63. The molecule has 3 rings (SSSR count). The highest BCUT2D eigenvalue weighted by Gasteiger charge is 2.14. The molecule has 0 aliphatic carbocycles. The lowest BCUT2D eigenvalue weighted by Gasteiger charge is -2.11. The molecule has 1 aliphatic heterocycles. The van der Waals surface area contributed by atoms with E-state index in [2.05, 4.69) is 11.0 Å². The maximum Gasteiger partial charge on any atom is 0.136 e. The lowest BCUT2D eigenvalue weighted by Crippen LogP contribution is -2.17. The third-order valence-corrected chi connectivity index (χ3v) is 3.17. The third-order valence-electron chi connectivity index (χ3n) is 3.17. The predicted molar refractivity (Wildman–Crippen MR) is 65.1 cm³/mol. The zero-order valence-electron chi connectivity index (χ0n) is 9.28. The minimum absolute atomic E-state index is 0.759. The van der Waals surface area contributed by atoms with Crippen LogP contribution in [0.3, 0.4) is 0 Å². The van der Waals surface area contributed by atoms with Gasteiger partial charge in [0.1, 0.15) is 11.3 Å². The number of hydrogen-bond acceptors (Lipinski definition) is 3. The van der Waals surface area contributed by atoms with Gasteiger partial charge in [0.25, 0.3) is 0 Å². The summed E-state index contributed by atoms with van der Waals surface area (Å²) in [5, 5.41) is 1.14. The molecule has 2 N–H and O–H groups in total. The molecule has 1 fully saturated rings.